The Hall–Kier alpha value is -3.50. The summed E-state index contributed by atoms with van der Waals surface area (Å²) in [4.78, 5) is 12.8. The first-order valence-corrected chi connectivity index (χ1v) is 11.1. The summed E-state index contributed by atoms with van der Waals surface area (Å²) in [5, 5.41) is 12.4. The van der Waals surface area contributed by atoms with Crippen molar-refractivity contribution in [2.45, 2.75) is 27.3 Å². The van der Waals surface area contributed by atoms with Crippen LogP contribution in [0.3, 0.4) is 0 Å². The van der Waals surface area contributed by atoms with E-state index in [2.05, 4.69) is 31.9 Å². The van der Waals surface area contributed by atoms with Gasteiger partial charge in [0.15, 0.2) is 0 Å². The van der Waals surface area contributed by atoms with Gasteiger partial charge in [0, 0.05) is 39.7 Å². The molecule has 0 fully saturated rings. The molecule has 0 radical (unpaired) electrons. The Labute approximate surface area is 202 Å². The number of nitriles is 1. The number of rotatable bonds is 7. The predicted molar refractivity (Wildman–Crippen MR) is 133 cm³/mol. The van der Waals surface area contributed by atoms with E-state index < -0.39 is 5.91 Å². The fourth-order valence-electron chi connectivity index (χ4n) is 3.67. The number of carbonyl (C=O) groups is 1. The third-order valence-electron chi connectivity index (χ3n) is 5.47. The molecular weight excluding hydrogens is 482 g/mol. The maximum Gasteiger partial charge on any atom is 0.262 e. The van der Waals surface area contributed by atoms with Crippen LogP contribution in [-0.4, -0.2) is 24.7 Å². The van der Waals surface area contributed by atoms with E-state index in [9.17, 15) is 10.1 Å². The molecule has 0 spiro atoms. The number of nitrogens with one attached hydrogen (secondary N) is 1. The SMILES string of the molecule is COc1ccc(CNC(=O)/C(C#N)=C/c2cc(C)n(-c3ccc(Br)c(C)c3)c2C)c(OC)c1. The summed E-state index contributed by atoms with van der Waals surface area (Å²) < 4.78 is 13.7. The number of aromatic nitrogens is 1. The van der Waals surface area contributed by atoms with E-state index >= 15 is 0 Å². The number of amides is 1. The summed E-state index contributed by atoms with van der Waals surface area (Å²) in [5.74, 6) is 0.820. The molecule has 0 aliphatic rings. The average Bonchev–Trinajstić information content (AvgIpc) is 3.10. The smallest absolute Gasteiger partial charge is 0.262 e. The van der Waals surface area contributed by atoms with E-state index in [1.54, 1.807) is 32.4 Å². The van der Waals surface area contributed by atoms with Crippen molar-refractivity contribution in [1.29, 1.82) is 5.26 Å². The van der Waals surface area contributed by atoms with Crippen LogP contribution in [0.15, 0.2) is 52.5 Å². The molecule has 0 aliphatic carbocycles. The molecular formula is C26H26BrN3O3. The molecule has 1 aromatic heterocycles. The van der Waals surface area contributed by atoms with Crippen LogP contribution in [0.1, 0.15) is 28.1 Å². The molecule has 1 heterocycles. The van der Waals surface area contributed by atoms with Gasteiger partial charge in [-0.2, -0.15) is 5.26 Å². The quantitative estimate of drug-likeness (QED) is 0.342. The maximum atomic E-state index is 12.8. The number of nitrogens with zero attached hydrogens (tertiary/aromatic N) is 2. The maximum absolute atomic E-state index is 12.8. The van der Waals surface area contributed by atoms with Gasteiger partial charge in [0.05, 0.1) is 14.2 Å². The van der Waals surface area contributed by atoms with Crippen molar-refractivity contribution in [2.24, 2.45) is 0 Å². The van der Waals surface area contributed by atoms with Crippen molar-refractivity contribution in [3.63, 3.8) is 0 Å². The second-order valence-corrected chi connectivity index (χ2v) is 8.48. The second kappa shape index (κ2) is 10.4. The number of benzene rings is 2. The Morgan fingerprint density at radius 2 is 1.88 bits per heavy atom. The number of carbonyl (C=O) groups excluding carboxylic acids is 1. The van der Waals surface area contributed by atoms with Crippen molar-refractivity contribution < 1.29 is 14.3 Å². The van der Waals surface area contributed by atoms with Gasteiger partial charge >= 0.3 is 0 Å². The largest absolute Gasteiger partial charge is 0.497 e. The molecule has 0 atom stereocenters. The Bertz CT molecular complexity index is 1270. The van der Waals surface area contributed by atoms with E-state index in [4.69, 9.17) is 9.47 Å². The van der Waals surface area contributed by atoms with Crippen molar-refractivity contribution in [3.05, 3.63) is 80.6 Å². The van der Waals surface area contributed by atoms with Crippen LogP contribution in [0.2, 0.25) is 0 Å². The standard InChI is InChI=1S/C26H26BrN3O3/c1-16-10-22(7-9-24(16)27)30-17(2)11-20(18(30)3)12-21(14-28)26(31)29-15-19-6-8-23(32-4)13-25(19)33-5/h6-13H,15H2,1-5H3,(H,29,31)/b21-12+. The molecule has 3 rings (SSSR count). The van der Waals surface area contributed by atoms with Crippen LogP contribution in [0.25, 0.3) is 11.8 Å². The monoisotopic (exact) mass is 507 g/mol. The van der Waals surface area contributed by atoms with Gasteiger partial charge in [0.25, 0.3) is 5.91 Å². The minimum atomic E-state index is -0.445. The number of hydrogen-bond acceptors (Lipinski definition) is 4. The van der Waals surface area contributed by atoms with Crippen LogP contribution >= 0.6 is 15.9 Å². The lowest BCUT2D eigenvalue weighted by molar-refractivity contribution is -0.117. The van der Waals surface area contributed by atoms with Crippen molar-refractivity contribution in [3.8, 4) is 23.3 Å². The van der Waals surface area contributed by atoms with Gasteiger partial charge in [-0.05, 0) is 74.4 Å². The normalized spacial score (nSPS) is 11.1. The van der Waals surface area contributed by atoms with Gasteiger partial charge in [-0.1, -0.05) is 15.9 Å². The molecule has 33 heavy (non-hydrogen) atoms. The number of halogens is 1. The van der Waals surface area contributed by atoms with E-state index in [1.165, 1.54) is 0 Å². The highest BCUT2D eigenvalue weighted by molar-refractivity contribution is 9.10. The molecule has 0 bridgehead atoms. The molecule has 170 valence electrons. The molecule has 1 amide bonds. The number of ether oxygens (including phenoxy) is 2. The third-order valence-corrected chi connectivity index (χ3v) is 6.36. The highest BCUT2D eigenvalue weighted by atomic mass is 79.9. The summed E-state index contributed by atoms with van der Waals surface area (Å²) in [5.41, 5.74) is 5.76. The molecule has 0 saturated carbocycles. The van der Waals surface area contributed by atoms with Gasteiger partial charge in [0.2, 0.25) is 0 Å². The van der Waals surface area contributed by atoms with Gasteiger partial charge in [0.1, 0.15) is 23.1 Å². The minimum absolute atomic E-state index is 0.0368. The molecule has 2 aromatic carbocycles. The fraction of sp³-hybridized carbons (Fsp3) is 0.231. The first-order chi connectivity index (χ1) is 15.8. The first-order valence-electron chi connectivity index (χ1n) is 10.4. The first kappa shape index (κ1) is 24.1. The van der Waals surface area contributed by atoms with Crippen LogP contribution in [0.5, 0.6) is 11.5 Å². The third kappa shape index (κ3) is 5.29. The molecule has 6 nitrogen and oxygen atoms in total. The summed E-state index contributed by atoms with van der Waals surface area (Å²) in [6.07, 6.45) is 1.63. The van der Waals surface area contributed by atoms with Crippen molar-refractivity contribution in [1.82, 2.24) is 9.88 Å². The van der Waals surface area contributed by atoms with E-state index in [1.807, 2.05) is 51.1 Å². The Kier molecular flexibility index (Phi) is 7.62. The number of methoxy groups -OCH3 is 2. The average molecular weight is 508 g/mol. The number of hydrogen-bond donors (Lipinski definition) is 1. The van der Waals surface area contributed by atoms with Crippen molar-refractivity contribution >= 4 is 27.9 Å². The van der Waals surface area contributed by atoms with Crippen molar-refractivity contribution in [2.75, 3.05) is 14.2 Å². The zero-order chi connectivity index (χ0) is 24.1. The van der Waals surface area contributed by atoms with Crippen LogP contribution in [0.4, 0.5) is 0 Å². The summed E-state index contributed by atoms with van der Waals surface area (Å²) >= 11 is 3.54. The topological polar surface area (TPSA) is 76.3 Å². The molecule has 0 saturated heterocycles. The number of aryl methyl sites for hydroxylation is 2. The summed E-state index contributed by atoms with van der Waals surface area (Å²) in [6, 6.07) is 15.5. The zero-order valence-corrected chi connectivity index (χ0v) is 20.9. The summed E-state index contributed by atoms with van der Waals surface area (Å²) in [7, 11) is 3.14. The van der Waals surface area contributed by atoms with Crippen LogP contribution in [0, 0.1) is 32.1 Å². The molecule has 3 aromatic rings. The molecule has 1 N–H and O–H groups in total. The molecule has 0 unspecified atom stereocenters. The van der Waals surface area contributed by atoms with Gasteiger partial charge in [-0.3, -0.25) is 4.79 Å². The Morgan fingerprint density at radius 1 is 1.12 bits per heavy atom. The molecule has 7 heteroatoms. The van der Waals surface area contributed by atoms with E-state index in [0.717, 1.165) is 38.2 Å². The second-order valence-electron chi connectivity index (χ2n) is 7.63. The minimum Gasteiger partial charge on any atom is -0.497 e. The van der Waals surface area contributed by atoms with Crippen LogP contribution in [-0.2, 0) is 11.3 Å². The predicted octanol–water partition coefficient (Wildman–Crippen LogP) is 5.41. The lowest BCUT2D eigenvalue weighted by Crippen LogP contribution is -2.24. The lowest BCUT2D eigenvalue weighted by Gasteiger charge is -2.12. The van der Waals surface area contributed by atoms with E-state index in [-0.39, 0.29) is 12.1 Å². The van der Waals surface area contributed by atoms with Crippen LogP contribution < -0.4 is 14.8 Å². The zero-order valence-electron chi connectivity index (χ0n) is 19.3. The summed E-state index contributed by atoms with van der Waals surface area (Å²) in [6.45, 7) is 6.25. The fourth-order valence-corrected chi connectivity index (χ4v) is 3.92. The Morgan fingerprint density at radius 3 is 2.52 bits per heavy atom. The highest BCUT2D eigenvalue weighted by Crippen LogP contribution is 2.27. The Balaban J connectivity index is 1.84. The molecule has 0 aliphatic heterocycles. The van der Waals surface area contributed by atoms with Gasteiger partial charge in [-0.15, -0.1) is 0 Å². The van der Waals surface area contributed by atoms with Gasteiger partial charge < -0.3 is 19.4 Å². The van der Waals surface area contributed by atoms with E-state index in [0.29, 0.717) is 11.5 Å². The van der Waals surface area contributed by atoms with Gasteiger partial charge in [-0.25, -0.2) is 0 Å². The highest BCUT2D eigenvalue weighted by Gasteiger charge is 2.15. The lowest BCUT2D eigenvalue weighted by atomic mass is 10.1.